The Kier molecular flexibility index (Phi) is 3.91. The molecule has 0 amide bonds. The summed E-state index contributed by atoms with van der Waals surface area (Å²) in [5.74, 6) is 0.771. The molecule has 0 bridgehead atoms. The molecule has 2 atom stereocenters. The zero-order valence-corrected chi connectivity index (χ0v) is 10.7. The van der Waals surface area contributed by atoms with E-state index in [4.69, 9.17) is 4.74 Å². The number of aromatic nitrogens is 2. The summed E-state index contributed by atoms with van der Waals surface area (Å²) in [4.78, 5) is 10.9. The average Bonchev–Trinajstić information content (AvgIpc) is 2.76. The zero-order chi connectivity index (χ0) is 12.3. The van der Waals surface area contributed by atoms with E-state index >= 15 is 0 Å². The van der Waals surface area contributed by atoms with Crippen LogP contribution in [0.1, 0.15) is 18.9 Å². The molecule has 1 aromatic rings. The lowest BCUT2D eigenvalue weighted by Crippen LogP contribution is -2.37. The van der Waals surface area contributed by atoms with Crippen molar-refractivity contribution in [2.45, 2.75) is 32.0 Å². The highest BCUT2D eigenvalue weighted by Crippen LogP contribution is 2.21. The van der Waals surface area contributed by atoms with Gasteiger partial charge in [-0.25, -0.2) is 9.97 Å². The van der Waals surface area contributed by atoms with Crippen LogP contribution in [0.15, 0.2) is 12.4 Å². The number of hydrogen-bond acceptors (Lipinski definition) is 5. The summed E-state index contributed by atoms with van der Waals surface area (Å²) in [5.41, 5.74) is 1.10. The first-order chi connectivity index (χ1) is 8.22. The van der Waals surface area contributed by atoms with Crippen LogP contribution >= 0.6 is 0 Å². The molecule has 5 heteroatoms. The molecule has 1 aliphatic heterocycles. The monoisotopic (exact) mass is 236 g/mol. The van der Waals surface area contributed by atoms with E-state index < -0.39 is 0 Å². The van der Waals surface area contributed by atoms with E-state index in [1.807, 2.05) is 26.5 Å². The highest BCUT2D eigenvalue weighted by atomic mass is 16.5. The minimum atomic E-state index is 0.251. The Morgan fingerprint density at radius 2 is 2.18 bits per heavy atom. The van der Waals surface area contributed by atoms with Gasteiger partial charge in [-0.05, 0) is 20.4 Å². The number of anilines is 1. The minimum Gasteiger partial charge on any atom is -0.376 e. The minimum absolute atomic E-state index is 0.251. The van der Waals surface area contributed by atoms with E-state index in [9.17, 15) is 0 Å². The van der Waals surface area contributed by atoms with Crippen LogP contribution in [0.5, 0.6) is 0 Å². The van der Waals surface area contributed by atoms with Crippen molar-refractivity contribution in [3.8, 4) is 0 Å². The maximum atomic E-state index is 5.56. The number of hydrogen-bond donors (Lipinski definition) is 1. The van der Waals surface area contributed by atoms with Gasteiger partial charge in [0.1, 0.15) is 0 Å². The molecule has 0 aliphatic carbocycles. The van der Waals surface area contributed by atoms with Crippen molar-refractivity contribution < 1.29 is 4.74 Å². The Bertz CT molecular complexity index is 354. The molecule has 0 spiro atoms. The van der Waals surface area contributed by atoms with E-state index in [-0.39, 0.29) is 6.10 Å². The van der Waals surface area contributed by atoms with Gasteiger partial charge in [-0.2, -0.15) is 0 Å². The van der Waals surface area contributed by atoms with Crippen molar-refractivity contribution in [2.24, 2.45) is 0 Å². The van der Waals surface area contributed by atoms with Gasteiger partial charge in [-0.15, -0.1) is 0 Å². The van der Waals surface area contributed by atoms with Crippen LogP contribution in [0, 0.1) is 0 Å². The first-order valence-electron chi connectivity index (χ1n) is 6.02. The Morgan fingerprint density at radius 1 is 1.47 bits per heavy atom. The van der Waals surface area contributed by atoms with Crippen molar-refractivity contribution in [2.75, 3.05) is 25.6 Å². The van der Waals surface area contributed by atoms with E-state index in [0.29, 0.717) is 6.04 Å². The van der Waals surface area contributed by atoms with Gasteiger partial charge < -0.3 is 15.0 Å². The maximum absolute atomic E-state index is 5.56. The van der Waals surface area contributed by atoms with Crippen LogP contribution in [0.2, 0.25) is 0 Å². The molecule has 2 unspecified atom stereocenters. The summed E-state index contributed by atoms with van der Waals surface area (Å²) >= 11 is 0. The van der Waals surface area contributed by atoms with Gasteiger partial charge in [0.05, 0.1) is 12.1 Å². The number of rotatable bonds is 4. The van der Waals surface area contributed by atoms with Gasteiger partial charge in [-0.1, -0.05) is 0 Å². The predicted molar refractivity (Wildman–Crippen MR) is 67.0 cm³/mol. The number of likely N-dealkylation sites (N-methyl/N-ethyl adjacent to an activating group) is 1. The third-order valence-corrected chi connectivity index (χ3v) is 3.22. The van der Waals surface area contributed by atoms with Gasteiger partial charge in [0.2, 0.25) is 5.95 Å². The zero-order valence-electron chi connectivity index (χ0n) is 10.7. The molecule has 1 fully saturated rings. The van der Waals surface area contributed by atoms with E-state index in [1.165, 1.54) is 0 Å². The summed E-state index contributed by atoms with van der Waals surface area (Å²) in [6.45, 7) is 3.73. The van der Waals surface area contributed by atoms with Crippen LogP contribution in [-0.2, 0) is 11.3 Å². The fourth-order valence-corrected chi connectivity index (χ4v) is 2.20. The Labute approximate surface area is 102 Å². The van der Waals surface area contributed by atoms with Crippen molar-refractivity contribution in [1.82, 2.24) is 15.3 Å². The second kappa shape index (κ2) is 5.42. The first kappa shape index (κ1) is 12.3. The molecule has 0 radical (unpaired) electrons. The van der Waals surface area contributed by atoms with Crippen LogP contribution in [-0.4, -0.2) is 42.8 Å². The van der Waals surface area contributed by atoms with Crippen molar-refractivity contribution in [3.63, 3.8) is 0 Å². The molecule has 5 nitrogen and oxygen atoms in total. The maximum Gasteiger partial charge on any atom is 0.225 e. The fraction of sp³-hybridized carbons (Fsp3) is 0.667. The Morgan fingerprint density at radius 3 is 2.71 bits per heavy atom. The molecule has 1 aliphatic rings. The van der Waals surface area contributed by atoms with Gasteiger partial charge in [0, 0.05) is 38.2 Å². The topological polar surface area (TPSA) is 50.3 Å². The second-order valence-electron chi connectivity index (χ2n) is 4.46. The third-order valence-electron chi connectivity index (χ3n) is 3.22. The summed E-state index contributed by atoms with van der Waals surface area (Å²) in [7, 11) is 3.94. The molecule has 2 rings (SSSR count). The Hall–Kier alpha value is -1.20. The lowest BCUT2D eigenvalue weighted by atomic mass is 10.1. The molecule has 2 heterocycles. The Balaban J connectivity index is 2.05. The molecule has 0 saturated carbocycles. The van der Waals surface area contributed by atoms with Gasteiger partial charge in [0.15, 0.2) is 0 Å². The average molecular weight is 236 g/mol. The third kappa shape index (κ3) is 2.73. The fourth-order valence-electron chi connectivity index (χ4n) is 2.20. The summed E-state index contributed by atoms with van der Waals surface area (Å²) in [5, 5.41) is 3.08. The highest BCUT2D eigenvalue weighted by molar-refractivity contribution is 5.31. The normalized spacial score (nSPS) is 23.9. The number of nitrogens with zero attached hydrogens (tertiary/aromatic N) is 3. The number of nitrogens with one attached hydrogen (secondary N) is 1. The highest BCUT2D eigenvalue weighted by Gasteiger charge is 2.29. The van der Waals surface area contributed by atoms with E-state index in [2.05, 4.69) is 27.1 Å². The molecule has 17 heavy (non-hydrogen) atoms. The van der Waals surface area contributed by atoms with Crippen LogP contribution < -0.4 is 10.2 Å². The molecule has 1 N–H and O–H groups in total. The lowest BCUT2D eigenvalue weighted by Gasteiger charge is -2.26. The SMILES string of the molecule is CNCc1cnc(N(C)C2CCOC2C)nc1. The smallest absolute Gasteiger partial charge is 0.225 e. The van der Waals surface area contributed by atoms with Gasteiger partial charge >= 0.3 is 0 Å². The molecule has 1 aromatic heterocycles. The summed E-state index contributed by atoms with van der Waals surface area (Å²) in [6.07, 6.45) is 5.03. The predicted octanol–water partition coefficient (Wildman–Crippen LogP) is 0.810. The summed E-state index contributed by atoms with van der Waals surface area (Å²) < 4.78 is 5.56. The van der Waals surface area contributed by atoms with E-state index in [0.717, 1.165) is 31.1 Å². The standard InChI is InChI=1S/C12H20N4O/c1-9-11(4-5-17-9)16(3)12-14-7-10(6-13-2)8-15-12/h7-9,11,13H,4-6H2,1-3H3. The lowest BCUT2D eigenvalue weighted by molar-refractivity contribution is 0.118. The molecule has 1 saturated heterocycles. The molecule has 94 valence electrons. The van der Waals surface area contributed by atoms with Gasteiger partial charge in [-0.3, -0.25) is 0 Å². The second-order valence-corrected chi connectivity index (χ2v) is 4.46. The number of ether oxygens (including phenoxy) is 1. The van der Waals surface area contributed by atoms with Crippen molar-refractivity contribution >= 4 is 5.95 Å². The van der Waals surface area contributed by atoms with Crippen LogP contribution in [0.25, 0.3) is 0 Å². The van der Waals surface area contributed by atoms with E-state index in [1.54, 1.807) is 0 Å². The summed E-state index contributed by atoms with van der Waals surface area (Å²) in [6, 6.07) is 0.380. The molecular weight excluding hydrogens is 216 g/mol. The van der Waals surface area contributed by atoms with Gasteiger partial charge in [0.25, 0.3) is 0 Å². The van der Waals surface area contributed by atoms with Crippen molar-refractivity contribution in [3.05, 3.63) is 18.0 Å². The first-order valence-corrected chi connectivity index (χ1v) is 6.02. The quantitative estimate of drug-likeness (QED) is 0.838. The largest absolute Gasteiger partial charge is 0.376 e. The molecule has 0 aromatic carbocycles. The van der Waals surface area contributed by atoms with Crippen molar-refractivity contribution in [1.29, 1.82) is 0 Å². The van der Waals surface area contributed by atoms with Crippen LogP contribution in [0.4, 0.5) is 5.95 Å². The molecular formula is C12H20N4O. The van der Waals surface area contributed by atoms with Crippen LogP contribution in [0.3, 0.4) is 0 Å².